The summed E-state index contributed by atoms with van der Waals surface area (Å²) in [6, 6.07) is 14.4. The van der Waals surface area contributed by atoms with E-state index in [-0.39, 0.29) is 5.82 Å². The smallest absolute Gasteiger partial charge is 0.171 e. The first-order valence-electron chi connectivity index (χ1n) is 5.99. The van der Waals surface area contributed by atoms with Gasteiger partial charge in [-0.15, -0.1) is 0 Å². The van der Waals surface area contributed by atoms with Gasteiger partial charge in [-0.2, -0.15) is 0 Å². The summed E-state index contributed by atoms with van der Waals surface area (Å²) in [4.78, 5) is 0. The molecule has 0 amide bonds. The summed E-state index contributed by atoms with van der Waals surface area (Å²) in [5.74, 6) is -0.239. The van der Waals surface area contributed by atoms with Crippen LogP contribution < -0.4 is 10.6 Å². The number of aryl methyl sites for hydroxylation is 1. The Morgan fingerprint density at radius 1 is 1.16 bits per heavy atom. The van der Waals surface area contributed by atoms with Gasteiger partial charge < -0.3 is 10.6 Å². The molecule has 2 rings (SSSR count). The van der Waals surface area contributed by atoms with E-state index < -0.39 is 0 Å². The van der Waals surface area contributed by atoms with E-state index in [0.29, 0.717) is 11.7 Å². The zero-order valence-corrected chi connectivity index (χ0v) is 11.4. The van der Waals surface area contributed by atoms with Gasteiger partial charge in [-0.1, -0.05) is 29.8 Å². The van der Waals surface area contributed by atoms with E-state index in [9.17, 15) is 4.39 Å². The van der Waals surface area contributed by atoms with Crippen LogP contribution in [-0.2, 0) is 6.54 Å². The lowest BCUT2D eigenvalue weighted by molar-refractivity contribution is 0.625. The van der Waals surface area contributed by atoms with Crippen molar-refractivity contribution in [1.82, 2.24) is 5.32 Å². The first kappa shape index (κ1) is 13.5. The summed E-state index contributed by atoms with van der Waals surface area (Å²) in [6.07, 6.45) is 0. The van der Waals surface area contributed by atoms with Crippen LogP contribution >= 0.6 is 12.2 Å². The fraction of sp³-hybridized carbons (Fsp3) is 0.133. The highest BCUT2D eigenvalue weighted by Crippen LogP contribution is 2.08. The Bertz CT molecular complexity index is 567. The normalized spacial score (nSPS) is 10.0. The summed E-state index contributed by atoms with van der Waals surface area (Å²) >= 11 is 5.18. The zero-order chi connectivity index (χ0) is 13.7. The molecule has 0 saturated heterocycles. The van der Waals surface area contributed by atoms with Crippen LogP contribution in [0.1, 0.15) is 11.1 Å². The lowest BCUT2D eigenvalue weighted by Gasteiger charge is -2.10. The second-order valence-corrected chi connectivity index (χ2v) is 4.71. The highest BCUT2D eigenvalue weighted by molar-refractivity contribution is 7.80. The minimum atomic E-state index is -0.239. The maximum absolute atomic E-state index is 13.0. The number of thiocarbonyl (C=S) groups is 1. The predicted molar refractivity (Wildman–Crippen MR) is 80.6 cm³/mol. The van der Waals surface area contributed by atoms with E-state index >= 15 is 0 Å². The average molecular weight is 274 g/mol. The molecular weight excluding hydrogens is 259 g/mol. The summed E-state index contributed by atoms with van der Waals surface area (Å²) in [5, 5.41) is 6.64. The van der Waals surface area contributed by atoms with Crippen molar-refractivity contribution in [3.05, 3.63) is 65.5 Å². The van der Waals surface area contributed by atoms with Gasteiger partial charge >= 0.3 is 0 Å². The fourth-order valence-electron chi connectivity index (χ4n) is 1.64. The van der Waals surface area contributed by atoms with E-state index in [4.69, 9.17) is 12.2 Å². The second kappa shape index (κ2) is 6.29. The lowest BCUT2D eigenvalue weighted by atomic mass is 10.2. The number of nitrogens with one attached hydrogen (secondary N) is 2. The number of hydrogen-bond acceptors (Lipinski definition) is 1. The van der Waals surface area contributed by atoms with Crippen LogP contribution in [0, 0.1) is 12.7 Å². The monoisotopic (exact) mass is 274 g/mol. The number of rotatable bonds is 3. The average Bonchev–Trinajstić information content (AvgIpc) is 2.39. The summed E-state index contributed by atoms with van der Waals surface area (Å²) in [7, 11) is 0. The summed E-state index contributed by atoms with van der Waals surface area (Å²) in [5.41, 5.74) is 2.99. The van der Waals surface area contributed by atoms with Gasteiger partial charge in [-0.3, -0.25) is 0 Å². The Hall–Kier alpha value is -1.94. The number of anilines is 1. The molecule has 0 bridgehead atoms. The summed E-state index contributed by atoms with van der Waals surface area (Å²) in [6.45, 7) is 2.53. The Balaban J connectivity index is 1.86. The van der Waals surface area contributed by atoms with Crippen molar-refractivity contribution in [3.63, 3.8) is 0 Å². The lowest BCUT2D eigenvalue weighted by Crippen LogP contribution is -2.27. The van der Waals surface area contributed by atoms with E-state index in [2.05, 4.69) is 10.6 Å². The van der Waals surface area contributed by atoms with Gasteiger partial charge in [0.15, 0.2) is 5.11 Å². The van der Waals surface area contributed by atoms with Crippen molar-refractivity contribution < 1.29 is 4.39 Å². The molecule has 0 saturated carbocycles. The molecule has 0 fully saturated rings. The molecule has 0 unspecified atom stereocenters. The fourth-order valence-corrected chi connectivity index (χ4v) is 1.83. The molecule has 0 heterocycles. The van der Waals surface area contributed by atoms with Gasteiger partial charge in [0, 0.05) is 12.2 Å². The topological polar surface area (TPSA) is 24.1 Å². The van der Waals surface area contributed by atoms with Crippen molar-refractivity contribution in [3.8, 4) is 0 Å². The molecule has 0 atom stereocenters. The van der Waals surface area contributed by atoms with E-state index in [0.717, 1.165) is 11.3 Å². The standard InChI is InChI=1S/C15H15FN2S/c1-11-5-7-14(8-6-11)18-15(19)17-10-12-3-2-4-13(16)9-12/h2-9H,10H2,1H3,(H2,17,18,19). The van der Waals surface area contributed by atoms with Gasteiger partial charge in [0.1, 0.15) is 5.82 Å². The minimum Gasteiger partial charge on any atom is -0.358 e. The molecule has 2 aromatic carbocycles. The van der Waals surface area contributed by atoms with Crippen LogP contribution in [0.5, 0.6) is 0 Å². The molecule has 0 aliphatic carbocycles. The molecule has 0 radical (unpaired) electrons. The van der Waals surface area contributed by atoms with E-state index in [1.807, 2.05) is 37.3 Å². The quantitative estimate of drug-likeness (QED) is 0.836. The highest BCUT2D eigenvalue weighted by atomic mass is 32.1. The number of hydrogen-bond donors (Lipinski definition) is 2. The maximum Gasteiger partial charge on any atom is 0.171 e. The van der Waals surface area contributed by atoms with Gasteiger partial charge in [0.2, 0.25) is 0 Å². The molecule has 2 N–H and O–H groups in total. The number of halogens is 1. The van der Waals surface area contributed by atoms with Crippen molar-refractivity contribution in [2.75, 3.05) is 5.32 Å². The Morgan fingerprint density at radius 3 is 2.58 bits per heavy atom. The molecule has 2 aromatic rings. The third-order valence-electron chi connectivity index (χ3n) is 2.65. The van der Waals surface area contributed by atoms with Crippen molar-refractivity contribution >= 4 is 23.0 Å². The van der Waals surface area contributed by atoms with Crippen LogP contribution in [0.4, 0.5) is 10.1 Å². The SMILES string of the molecule is Cc1ccc(NC(=S)NCc2cccc(F)c2)cc1. The van der Waals surface area contributed by atoms with Gasteiger partial charge in [-0.05, 0) is 49.0 Å². The zero-order valence-electron chi connectivity index (χ0n) is 10.6. The van der Waals surface area contributed by atoms with Crippen molar-refractivity contribution in [2.24, 2.45) is 0 Å². The molecule has 0 aliphatic heterocycles. The third-order valence-corrected chi connectivity index (χ3v) is 2.90. The summed E-state index contributed by atoms with van der Waals surface area (Å²) < 4.78 is 13.0. The van der Waals surface area contributed by atoms with Crippen LogP contribution in [0.3, 0.4) is 0 Å². The molecule has 2 nitrogen and oxygen atoms in total. The third kappa shape index (κ3) is 4.34. The van der Waals surface area contributed by atoms with Crippen molar-refractivity contribution in [2.45, 2.75) is 13.5 Å². The Morgan fingerprint density at radius 2 is 1.89 bits per heavy atom. The minimum absolute atomic E-state index is 0.239. The van der Waals surface area contributed by atoms with Crippen LogP contribution in [0.25, 0.3) is 0 Å². The van der Waals surface area contributed by atoms with Gasteiger partial charge in [0.25, 0.3) is 0 Å². The van der Waals surface area contributed by atoms with Gasteiger partial charge in [0.05, 0.1) is 0 Å². The molecule has 0 aromatic heterocycles. The second-order valence-electron chi connectivity index (χ2n) is 4.30. The molecular formula is C15H15FN2S. The molecule has 0 aliphatic rings. The first-order chi connectivity index (χ1) is 9.13. The highest BCUT2D eigenvalue weighted by Gasteiger charge is 1.99. The largest absolute Gasteiger partial charge is 0.358 e. The maximum atomic E-state index is 13.0. The molecule has 19 heavy (non-hydrogen) atoms. The van der Waals surface area contributed by atoms with Crippen LogP contribution in [0.15, 0.2) is 48.5 Å². The molecule has 0 spiro atoms. The van der Waals surface area contributed by atoms with E-state index in [1.165, 1.54) is 17.7 Å². The van der Waals surface area contributed by atoms with Crippen molar-refractivity contribution in [1.29, 1.82) is 0 Å². The molecule has 98 valence electrons. The molecule has 4 heteroatoms. The Kier molecular flexibility index (Phi) is 4.47. The first-order valence-corrected chi connectivity index (χ1v) is 6.40. The number of benzene rings is 2. The van der Waals surface area contributed by atoms with E-state index in [1.54, 1.807) is 6.07 Å². The van der Waals surface area contributed by atoms with Crippen LogP contribution in [-0.4, -0.2) is 5.11 Å². The van der Waals surface area contributed by atoms with Gasteiger partial charge in [-0.25, -0.2) is 4.39 Å². The van der Waals surface area contributed by atoms with Crippen LogP contribution in [0.2, 0.25) is 0 Å². The Labute approximate surface area is 117 Å². The predicted octanol–water partition coefficient (Wildman–Crippen LogP) is 3.62.